The van der Waals surface area contributed by atoms with E-state index < -0.39 is 6.10 Å². The molecule has 0 aliphatic carbocycles. The van der Waals surface area contributed by atoms with Crippen molar-refractivity contribution in [3.05, 3.63) is 12.2 Å². The lowest BCUT2D eigenvalue weighted by molar-refractivity contribution is -0.167. The number of allylic oxidation sites excluding steroid dienone is 2. The number of carbonyl (C=O) groups is 3. The minimum atomic E-state index is -0.760. The molecule has 1 unspecified atom stereocenters. The Balaban J connectivity index is 3.99. The molecule has 0 fully saturated rings. The van der Waals surface area contributed by atoms with Crippen LogP contribution in [-0.2, 0) is 28.6 Å². The first-order chi connectivity index (χ1) is 31.0. The summed E-state index contributed by atoms with van der Waals surface area (Å²) in [7, 11) is 0. The first-order valence-corrected chi connectivity index (χ1v) is 28.2. The van der Waals surface area contributed by atoms with Gasteiger partial charge in [0, 0.05) is 19.3 Å². The summed E-state index contributed by atoms with van der Waals surface area (Å²) in [5.41, 5.74) is 0. The molecule has 0 spiro atoms. The van der Waals surface area contributed by atoms with E-state index >= 15 is 0 Å². The van der Waals surface area contributed by atoms with Crippen LogP contribution in [0.5, 0.6) is 0 Å². The molecule has 0 heterocycles. The minimum Gasteiger partial charge on any atom is -0.462 e. The van der Waals surface area contributed by atoms with Crippen LogP contribution in [-0.4, -0.2) is 37.2 Å². The average molecular weight is 889 g/mol. The molecule has 6 heteroatoms. The number of hydrogen-bond acceptors (Lipinski definition) is 6. The topological polar surface area (TPSA) is 78.9 Å². The molecule has 63 heavy (non-hydrogen) atoms. The third-order valence-corrected chi connectivity index (χ3v) is 12.8. The fourth-order valence-electron chi connectivity index (χ4n) is 8.50. The van der Waals surface area contributed by atoms with Gasteiger partial charge in [0.1, 0.15) is 13.2 Å². The molecule has 0 saturated carbocycles. The van der Waals surface area contributed by atoms with Crippen molar-refractivity contribution in [3.63, 3.8) is 0 Å². The monoisotopic (exact) mass is 889 g/mol. The van der Waals surface area contributed by atoms with Gasteiger partial charge >= 0.3 is 17.9 Å². The Morgan fingerprint density at radius 2 is 0.524 bits per heavy atom. The molecule has 0 saturated heterocycles. The number of rotatable bonds is 52. The van der Waals surface area contributed by atoms with Crippen molar-refractivity contribution in [3.8, 4) is 0 Å². The van der Waals surface area contributed by atoms with Crippen molar-refractivity contribution in [2.75, 3.05) is 13.2 Å². The first-order valence-electron chi connectivity index (χ1n) is 28.2. The Hall–Kier alpha value is -1.85. The van der Waals surface area contributed by atoms with Crippen LogP contribution in [0, 0.1) is 0 Å². The van der Waals surface area contributed by atoms with Crippen LogP contribution < -0.4 is 0 Å². The summed E-state index contributed by atoms with van der Waals surface area (Å²) < 4.78 is 16.7. The van der Waals surface area contributed by atoms with E-state index in [0.717, 1.165) is 57.8 Å². The summed E-state index contributed by atoms with van der Waals surface area (Å²) in [6, 6.07) is 0. The predicted octanol–water partition coefficient (Wildman–Crippen LogP) is 18.5. The molecular formula is C57H108O6. The molecule has 0 aromatic rings. The van der Waals surface area contributed by atoms with Gasteiger partial charge in [0.15, 0.2) is 6.10 Å². The second-order valence-corrected chi connectivity index (χ2v) is 19.2. The van der Waals surface area contributed by atoms with E-state index in [9.17, 15) is 14.4 Å². The van der Waals surface area contributed by atoms with Crippen LogP contribution in [0.3, 0.4) is 0 Å². The summed E-state index contributed by atoms with van der Waals surface area (Å²) in [5.74, 6) is -0.855. The maximum atomic E-state index is 12.7. The Labute approximate surface area is 392 Å². The molecule has 0 radical (unpaired) electrons. The quantitative estimate of drug-likeness (QED) is 0.0262. The molecule has 0 aliphatic heterocycles. The Morgan fingerprint density at radius 1 is 0.302 bits per heavy atom. The van der Waals surface area contributed by atoms with Crippen molar-refractivity contribution in [1.82, 2.24) is 0 Å². The molecular weight excluding hydrogens is 781 g/mol. The van der Waals surface area contributed by atoms with Gasteiger partial charge in [-0.1, -0.05) is 264 Å². The largest absolute Gasteiger partial charge is 0.462 e. The molecule has 0 aromatic heterocycles. The van der Waals surface area contributed by atoms with E-state index in [-0.39, 0.29) is 31.1 Å². The van der Waals surface area contributed by atoms with Crippen molar-refractivity contribution in [2.24, 2.45) is 0 Å². The van der Waals surface area contributed by atoms with Gasteiger partial charge in [0.05, 0.1) is 0 Å². The highest BCUT2D eigenvalue weighted by Crippen LogP contribution is 2.17. The van der Waals surface area contributed by atoms with Crippen molar-refractivity contribution in [1.29, 1.82) is 0 Å². The van der Waals surface area contributed by atoms with E-state index in [1.807, 2.05) is 0 Å². The SMILES string of the molecule is CCCCCCCCCC/C=C\CCCCCCCCCCCCCCCCCC(=O)OCC(COC(=O)CCCCCCCCC)OC(=O)CCCCCCCCCCCCC. The zero-order valence-electron chi connectivity index (χ0n) is 42.6. The van der Waals surface area contributed by atoms with Crippen LogP contribution in [0.15, 0.2) is 12.2 Å². The van der Waals surface area contributed by atoms with E-state index in [0.29, 0.717) is 19.3 Å². The van der Waals surface area contributed by atoms with E-state index in [2.05, 4.69) is 32.9 Å². The molecule has 372 valence electrons. The van der Waals surface area contributed by atoms with Gasteiger partial charge in [0.2, 0.25) is 0 Å². The standard InChI is InChI=1S/C57H108O6/c1-4-7-10-13-16-18-20-21-22-23-24-25-26-27-28-29-30-31-32-33-34-35-37-38-41-44-47-50-56(59)62-53-54(52-61-55(58)49-46-43-40-15-12-9-6-3)63-57(60)51-48-45-42-39-36-19-17-14-11-8-5-2/h23-24,54H,4-22,25-53H2,1-3H3/b24-23-. The lowest BCUT2D eigenvalue weighted by atomic mass is 10.0. The van der Waals surface area contributed by atoms with Crippen molar-refractivity contribution < 1.29 is 28.6 Å². The van der Waals surface area contributed by atoms with Crippen LogP contribution in [0.1, 0.15) is 316 Å². The minimum absolute atomic E-state index is 0.0646. The fourth-order valence-corrected chi connectivity index (χ4v) is 8.50. The number of carbonyl (C=O) groups excluding carboxylic acids is 3. The Bertz CT molecular complexity index is 978. The first kappa shape index (κ1) is 61.1. The highest BCUT2D eigenvalue weighted by Gasteiger charge is 2.19. The second-order valence-electron chi connectivity index (χ2n) is 19.2. The van der Waals surface area contributed by atoms with Gasteiger partial charge in [0.25, 0.3) is 0 Å². The van der Waals surface area contributed by atoms with Gasteiger partial charge in [-0.15, -0.1) is 0 Å². The summed E-state index contributed by atoms with van der Waals surface area (Å²) in [6.07, 6.45) is 59.6. The highest BCUT2D eigenvalue weighted by molar-refractivity contribution is 5.71. The summed E-state index contributed by atoms with van der Waals surface area (Å²) in [4.78, 5) is 37.8. The summed E-state index contributed by atoms with van der Waals surface area (Å²) in [6.45, 7) is 6.63. The maximum absolute atomic E-state index is 12.7. The number of hydrogen-bond donors (Lipinski definition) is 0. The van der Waals surface area contributed by atoms with Crippen LogP contribution >= 0.6 is 0 Å². The zero-order valence-corrected chi connectivity index (χ0v) is 42.6. The van der Waals surface area contributed by atoms with Gasteiger partial charge in [-0.05, 0) is 44.9 Å². The smallest absolute Gasteiger partial charge is 0.306 e. The lowest BCUT2D eigenvalue weighted by Gasteiger charge is -2.18. The third kappa shape index (κ3) is 51.0. The molecule has 0 amide bonds. The fraction of sp³-hybridized carbons (Fsp3) is 0.912. The van der Waals surface area contributed by atoms with E-state index in [4.69, 9.17) is 14.2 Å². The zero-order chi connectivity index (χ0) is 45.8. The number of esters is 3. The van der Waals surface area contributed by atoms with E-state index in [1.165, 1.54) is 218 Å². The summed E-state index contributed by atoms with van der Waals surface area (Å²) in [5, 5.41) is 0. The molecule has 6 nitrogen and oxygen atoms in total. The highest BCUT2D eigenvalue weighted by atomic mass is 16.6. The number of ether oxygens (including phenoxy) is 3. The normalized spacial score (nSPS) is 12.0. The number of unbranched alkanes of at least 4 members (excludes halogenated alkanes) is 39. The van der Waals surface area contributed by atoms with Gasteiger partial charge in [-0.2, -0.15) is 0 Å². The maximum Gasteiger partial charge on any atom is 0.306 e. The molecule has 0 aromatic carbocycles. The van der Waals surface area contributed by atoms with Crippen LogP contribution in [0.25, 0.3) is 0 Å². The molecule has 0 bridgehead atoms. The molecule has 0 rings (SSSR count). The van der Waals surface area contributed by atoms with Crippen molar-refractivity contribution >= 4 is 17.9 Å². The van der Waals surface area contributed by atoms with Gasteiger partial charge in [-0.3, -0.25) is 14.4 Å². The van der Waals surface area contributed by atoms with Gasteiger partial charge in [-0.25, -0.2) is 0 Å². The van der Waals surface area contributed by atoms with Crippen molar-refractivity contribution in [2.45, 2.75) is 322 Å². The van der Waals surface area contributed by atoms with Gasteiger partial charge < -0.3 is 14.2 Å². The average Bonchev–Trinajstić information content (AvgIpc) is 3.28. The predicted molar refractivity (Wildman–Crippen MR) is 270 cm³/mol. The Morgan fingerprint density at radius 3 is 0.794 bits per heavy atom. The van der Waals surface area contributed by atoms with E-state index in [1.54, 1.807) is 0 Å². The third-order valence-electron chi connectivity index (χ3n) is 12.8. The summed E-state index contributed by atoms with van der Waals surface area (Å²) >= 11 is 0. The second kappa shape index (κ2) is 52.8. The van der Waals surface area contributed by atoms with Crippen LogP contribution in [0.4, 0.5) is 0 Å². The lowest BCUT2D eigenvalue weighted by Crippen LogP contribution is -2.30. The molecule has 1 atom stereocenters. The Kier molecular flexibility index (Phi) is 51.2. The molecule has 0 N–H and O–H groups in total. The molecule has 0 aliphatic rings. The van der Waals surface area contributed by atoms with Crippen LogP contribution in [0.2, 0.25) is 0 Å².